The van der Waals surface area contributed by atoms with Crippen molar-refractivity contribution in [1.29, 1.82) is 0 Å². The van der Waals surface area contributed by atoms with Gasteiger partial charge in [-0.05, 0) is 45.7 Å². The highest BCUT2D eigenvalue weighted by atomic mass is 32.1. The maximum atomic E-state index is 12.5. The number of pyridine rings is 1. The molecule has 0 atom stereocenters. The summed E-state index contributed by atoms with van der Waals surface area (Å²) in [5.41, 5.74) is 5.34. The molecule has 4 heterocycles. The third-order valence-electron chi connectivity index (χ3n) is 5.34. The first kappa shape index (κ1) is 19.4. The zero-order valence-electron chi connectivity index (χ0n) is 16.8. The summed E-state index contributed by atoms with van der Waals surface area (Å²) < 4.78 is 0. The largest absolute Gasteiger partial charge is 0.356 e. The van der Waals surface area contributed by atoms with E-state index in [2.05, 4.69) is 32.1 Å². The van der Waals surface area contributed by atoms with Crippen LogP contribution < -0.4 is 10.2 Å². The van der Waals surface area contributed by atoms with Gasteiger partial charge in [0.2, 0.25) is 0 Å². The lowest BCUT2D eigenvalue weighted by Gasteiger charge is -2.34. The van der Waals surface area contributed by atoms with Crippen molar-refractivity contribution in [3.8, 4) is 11.5 Å². The van der Waals surface area contributed by atoms with Crippen molar-refractivity contribution in [3.05, 3.63) is 51.7 Å². The van der Waals surface area contributed by atoms with Crippen LogP contribution >= 0.6 is 11.3 Å². The van der Waals surface area contributed by atoms with Gasteiger partial charge < -0.3 is 10.2 Å². The van der Waals surface area contributed by atoms with Crippen molar-refractivity contribution in [1.82, 2.24) is 25.3 Å². The second-order valence-corrected chi connectivity index (χ2v) is 8.15. The van der Waals surface area contributed by atoms with Gasteiger partial charge in [-0.25, -0.2) is 15.0 Å². The molecule has 1 aliphatic heterocycles. The summed E-state index contributed by atoms with van der Waals surface area (Å²) in [7, 11) is 0. The van der Waals surface area contributed by atoms with Gasteiger partial charge in [-0.3, -0.25) is 9.78 Å². The molecule has 4 rings (SSSR count). The number of piperidine rings is 1. The number of nitrogens with one attached hydrogen (secondary N) is 1. The standard InChI is InChI=1S/C21H24N6OS/c1-13-14(2)24-19(17-6-4-5-9-22-17)26-20(13)27-10-7-16(8-11-27)25-21(28)18-15(3)23-12-29-18/h4-6,9,12,16H,7-8,10-11H2,1-3H3,(H,25,28). The number of aromatic nitrogens is 4. The normalized spacial score (nSPS) is 14.8. The van der Waals surface area contributed by atoms with Crippen LogP contribution in [-0.2, 0) is 0 Å². The molecular weight excluding hydrogens is 384 g/mol. The van der Waals surface area contributed by atoms with Gasteiger partial charge in [0.1, 0.15) is 16.4 Å². The molecule has 0 aliphatic carbocycles. The number of hydrogen-bond acceptors (Lipinski definition) is 7. The van der Waals surface area contributed by atoms with Crippen LogP contribution in [0.1, 0.15) is 39.5 Å². The molecule has 1 saturated heterocycles. The van der Waals surface area contributed by atoms with E-state index in [1.54, 1.807) is 11.7 Å². The summed E-state index contributed by atoms with van der Waals surface area (Å²) in [6.07, 6.45) is 3.52. The smallest absolute Gasteiger partial charge is 0.263 e. The number of carbonyl (C=O) groups excluding carboxylic acids is 1. The molecule has 1 amide bonds. The molecule has 1 N–H and O–H groups in total. The Morgan fingerprint density at radius 3 is 2.55 bits per heavy atom. The van der Waals surface area contributed by atoms with Gasteiger partial charge in [-0.15, -0.1) is 11.3 Å². The second kappa shape index (κ2) is 8.24. The highest BCUT2D eigenvalue weighted by Gasteiger charge is 2.25. The SMILES string of the molecule is Cc1ncsc1C(=O)NC1CCN(c2nc(-c3ccccn3)nc(C)c2C)CC1. The number of nitrogens with zero attached hydrogens (tertiary/aromatic N) is 5. The van der Waals surface area contributed by atoms with Gasteiger partial charge in [0.15, 0.2) is 5.82 Å². The molecule has 0 radical (unpaired) electrons. The Balaban J connectivity index is 1.46. The van der Waals surface area contributed by atoms with E-state index in [0.717, 1.165) is 54.4 Å². The molecule has 0 unspecified atom stereocenters. The van der Waals surface area contributed by atoms with Gasteiger partial charge >= 0.3 is 0 Å². The zero-order valence-corrected chi connectivity index (χ0v) is 17.7. The Labute approximate surface area is 174 Å². The van der Waals surface area contributed by atoms with E-state index in [1.807, 2.05) is 32.0 Å². The van der Waals surface area contributed by atoms with Crippen molar-refractivity contribution in [2.45, 2.75) is 39.7 Å². The number of thiazole rings is 1. The van der Waals surface area contributed by atoms with Crippen molar-refractivity contribution in [3.63, 3.8) is 0 Å². The summed E-state index contributed by atoms with van der Waals surface area (Å²) in [6.45, 7) is 7.62. The van der Waals surface area contributed by atoms with Gasteiger partial charge in [-0.2, -0.15) is 0 Å². The maximum absolute atomic E-state index is 12.5. The van der Waals surface area contributed by atoms with E-state index in [4.69, 9.17) is 4.98 Å². The molecule has 7 nitrogen and oxygen atoms in total. The molecule has 29 heavy (non-hydrogen) atoms. The molecule has 0 spiro atoms. The fraction of sp³-hybridized carbons (Fsp3) is 0.381. The lowest BCUT2D eigenvalue weighted by molar-refractivity contribution is 0.0934. The summed E-state index contributed by atoms with van der Waals surface area (Å²) in [5, 5.41) is 3.16. The first-order chi connectivity index (χ1) is 14.0. The number of anilines is 1. The molecule has 0 aromatic carbocycles. The highest BCUT2D eigenvalue weighted by molar-refractivity contribution is 7.11. The Bertz CT molecular complexity index is 1010. The Hall–Kier alpha value is -2.87. The third kappa shape index (κ3) is 4.12. The summed E-state index contributed by atoms with van der Waals surface area (Å²) >= 11 is 1.39. The predicted molar refractivity (Wildman–Crippen MR) is 114 cm³/mol. The first-order valence-corrected chi connectivity index (χ1v) is 10.6. The van der Waals surface area contributed by atoms with E-state index in [9.17, 15) is 4.79 Å². The summed E-state index contributed by atoms with van der Waals surface area (Å²) in [5.74, 6) is 1.59. The topological polar surface area (TPSA) is 83.9 Å². The van der Waals surface area contributed by atoms with Crippen LogP contribution in [0.5, 0.6) is 0 Å². The maximum Gasteiger partial charge on any atom is 0.263 e. The predicted octanol–water partition coefficient (Wildman–Crippen LogP) is 3.32. The van der Waals surface area contributed by atoms with Crippen LogP contribution in [0.3, 0.4) is 0 Å². The third-order valence-corrected chi connectivity index (χ3v) is 6.27. The van der Waals surface area contributed by atoms with Crippen LogP contribution in [0, 0.1) is 20.8 Å². The first-order valence-electron chi connectivity index (χ1n) is 9.75. The van der Waals surface area contributed by atoms with Crippen molar-refractivity contribution >= 4 is 23.1 Å². The average molecular weight is 409 g/mol. The average Bonchev–Trinajstić information content (AvgIpc) is 3.17. The van der Waals surface area contributed by atoms with E-state index in [0.29, 0.717) is 10.7 Å². The lowest BCUT2D eigenvalue weighted by atomic mass is 10.0. The van der Waals surface area contributed by atoms with Crippen LogP contribution in [0.25, 0.3) is 11.5 Å². The van der Waals surface area contributed by atoms with Crippen molar-refractivity contribution < 1.29 is 4.79 Å². The van der Waals surface area contributed by atoms with Crippen molar-refractivity contribution in [2.24, 2.45) is 0 Å². The van der Waals surface area contributed by atoms with Crippen LogP contribution in [-0.4, -0.2) is 45.0 Å². The second-order valence-electron chi connectivity index (χ2n) is 7.30. The minimum atomic E-state index is -0.0186. The number of hydrogen-bond donors (Lipinski definition) is 1. The number of amides is 1. The molecule has 3 aromatic heterocycles. The molecule has 0 saturated carbocycles. The quantitative estimate of drug-likeness (QED) is 0.713. The van der Waals surface area contributed by atoms with E-state index in [-0.39, 0.29) is 11.9 Å². The van der Waals surface area contributed by atoms with E-state index in [1.165, 1.54) is 11.3 Å². The number of carbonyl (C=O) groups is 1. The van der Waals surface area contributed by atoms with Crippen molar-refractivity contribution in [2.75, 3.05) is 18.0 Å². The summed E-state index contributed by atoms with van der Waals surface area (Å²) in [6, 6.07) is 5.92. The zero-order chi connectivity index (χ0) is 20.4. The number of rotatable bonds is 4. The molecular formula is C21H24N6OS. The van der Waals surface area contributed by atoms with E-state index >= 15 is 0 Å². The lowest BCUT2D eigenvalue weighted by Crippen LogP contribution is -2.45. The highest BCUT2D eigenvalue weighted by Crippen LogP contribution is 2.26. The fourth-order valence-electron chi connectivity index (χ4n) is 3.54. The van der Waals surface area contributed by atoms with Crippen LogP contribution in [0.4, 0.5) is 5.82 Å². The minimum absolute atomic E-state index is 0.0186. The summed E-state index contributed by atoms with van der Waals surface area (Å²) in [4.78, 5) is 33.5. The monoisotopic (exact) mass is 408 g/mol. The van der Waals surface area contributed by atoms with E-state index < -0.39 is 0 Å². The van der Waals surface area contributed by atoms with Gasteiger partial charge in [-0.1, -0.05) is 6.07 Å². The minimum Gasteiger partial charge on any atom is -0.356 e. The molecule has 3 aromatic rings. The Kier molecular flexibility index (Phi) is 5.53. The fourth-order valence-corrected chi connectivity index (χ4v) is 4.24. The van der Waals surface area contributed by atoms with Gasteiger partial charge in [0.05, 0.1) is 11.2 Å². The molecule has 8 heteroatoms. The molecule has 0 bridgehead atoms. The van der Waals surface area contributed by atoms with Crippen LogP contribution in [0.2, 0.25) is 0 Å². The Morgan fingerprint density at radius 2 is 1.90 bits per heavy atom. The van der Waals surface area contributed by atoms with Gasteiger partial charge in [0.25, 0.3) is 5.91 Å². The Morgan fingerprint density at radius 1 is 1.10 bits per heavy atom. The van der Waals surface area contributed by atoms with Crippen LogP contribution in [0.15, 0.2) is 29.9 Å². The number of aryl methyl sites for hydroxylation is 2. The molecule has 1 fully saturated rings. The van der Waals surface area contributed by atoms with Gasteiger partial charge in [0, 0.05) is 36.6 Å². The molecule has 150 valence electrons. The molecule has 1 aliphatic rings.